The standard InChI is InChI=1S/C13H15ClFN3O4.C12H12ClF2N3O4.2C12H13ClFN3O4.2C11H12ClFN4O4/c1-7-5-9(16)17-12(21)18(7)11-13(14,3-2-4-15)10(20)8(6-19)22-11;13-12(2-1-3-14)8(20)7(5-19)22-10(12)18-4-6(15)9(16)17-11(18)21;2*13-12(3-1-4-14)9(19)7(6-18)21-10(12)17-5-2-8(15)16-11(17)20;12-11(2-1-3-13)8(19)6(5-18)21-9(11)17-10(20)16-7(14)4-15-17;12-11(2-1-3-13)7(19)6(4-18)21-8(11)17-5-15-9(14)16-10(17)20/h5,8,10-11,19-20H,4,6H2,1H3,(H2,16,17,21);4,7-8,10,19-20H,3,5H2,(H2,16,17,21);2*2,5,7,9-10,18-19H,4,6H2,(H2,15,16,20);4,6,8-9,18-19H,3,5H2,(H2,14,16,20);5-8,18-19H,3-4H2,(H2,14,16,20)/t8-,10+,11-,13?;7-,8+,10-,12?;2*7-,9+,10-,12?;6-,8+,9-,11?;6-,7+,8-,11?/m111111/s1/i;;6D2;;;. The van der Waals surface area contributed by atoms with Gasteiger partial charge < -0.3 is 124 Å². The van der Waals surface area contributed by atoms with Gasteiger partial charge >= 0.3 is 34.1 Å². The van der Waals surface area contributed by atoms with Crippen LogP contribution in [0.3, 0.4) is 0 Å². The van der Waals surface area contributed by atoms with Gasteiger partial charge in [0.15, 0.2) is 78.2 Å². The number of halogens is 13. The first-order chi connectivity index (χ1) is 61.1. The monoisotopic (exact) mass is 1940 g/mol. The summed E-state index contributed by atoms with van der Waals surface area (Å²) in [6, 6.07) is 4.00. The first-order valence-corrected chi connectivity index (χ1v) is 38.2. The molecular weight excluding hydrogens is 1860 g/mol. The number of aryl methyl sites for hydroxylation is 1. The van der Waals surface area contributed by atoms with Crippen molar-refractivity contribution in [2.45, 2.75) is 147 Å². The van der Waals surface area contributed by atoms with E-state index >= 15 is 0 Å². The Morgan fingerprint density at radius 3 is 1.06 bits per heavy atom. The summed E-state index contributed by atoms with van der Waals surface area (Å²) < 4.78 is 139. The number of aliphatic hydroxyl groups is 12. The van der Waals surface area contributed by atoms with Gasteiger partial charge in [0, 0.05) is 18.1 Å². The van der Waals surface area contributed by atoms with Crippen LogP contribution in [-0.4, -0.2) is 311 Å². The van der Waals surface area contributed by atoms with Crippen LogP contribution in [0.25, 0.3) is 0 Å². The van der Waals surface area contributed by atoms with Crippen molar-refractivity contribution < 1.29 is 123 Å². The second-order valence-corrected chi connectivity index (χ2v) is 30.3. The lowest BCUT2D eigenvalue weighted by Gasteiger charge is -2.26. The van der Waals surface area contributed by atoms with Crippen molar-refractivity contribution in [1.82, 2.24) is 67.5 Å². The molecule has 44 nitrogen and oxygen atoms in total. The number of nitrogens with zero attached hydrogens (tertiary/aromatic N) is 14. The maximum Gasteiger partial charge on any atom is 0.368 e. The molecule has 12 heterocycles. The molecule has 6 fully saturated rings. The van der Waals surface area contributed by atoms with E-state index < -0.39 is 265 Å². The number of ether oxygens (including phenoxy) is 6. The van der Waals surface area contributed by atoms with Crippen molar-refractivity contribution in [2.24, 2.45) is 0 Å². The first kappa shape index (κ1) is 102. The molecule has 57 heteroatoms. The number of aromatic nitrogens is 14. The van der Waals surface area contributed by atoms with Crippen LogP contribution in [0.2, 0.25) is 0 Å². The molecule has 0 bridgehead atoms. The second-order valence-electron chi connectivity index (χ2n) is 26.5. The quantitative estimate of drug-likeness (QED) is 0.0308. The van der Waals surface area contributed by atoms with Gasteiger partial charge in [-0.1, -0.05) is 141 Å². The maximum atomic E-state index is 13.5. The van der Waals surface area contributed by atoms with Crippen LogP contribution in [0.1, 0.15) is 45.8 Å². The van der Waals surface area contributed by atoms with Gasteiger partial charge in [-0.05, 0) is 25.1 Å². The molecule has 0 aromatic carbocycles. The second kappa shape index (κ2) is 45.4. The third-order valence-corrected chi connectivity index (χ3v) is 21.5. The lowest BCUT2D eigenvalue weighted by molar-refractivity contribution is -0.0512. The van der Waals surface area contributed by atoms with Crippen LogP contribution >= 0.6 is 69.6 Å². The highest BCUT2D eigenvalue weighted by molar-refractivity contribution is 6.29. The highest BCUT2D eigenvalue weighted by atomic mass is 35.5. The van der Waals surface area contributed by atoms with Crippen LogP contribution in [0, 0.1) is 83.8 Å². The van der Waals surface area contributed by atoms with E-state index in [-0.39, 0.29) is 29.2 Å². The van der Waals surface area contributed by atoms with Gasteiger partial charge in [-0.25, -0.2) is 64.5 Å². The summed E-state index contributed by atoms with van der Waals surface area (Å²) in [5.74, 6) is 24.2. The molecule has 24 atom stereocenters. The van der Waals surface area contributed by atoms with Crippen LogP contribution in [-0.2, 0) is 28.4 Å². The Balaban J connectivity index is 0.000000213. The summed E-state index contributed by atoms with van der Waals surface area (Å²) in [7, 11) is 0. The molecule has 6 aliphatic heterocycles. The summed E-state index contributed by atoms with van der Waals surface area (Å²) >= 11 is 37.3. The fourth-order valence-corrected chi connectivity index (χ4v) is 14.6. The molecule has 6 saturated heterocycles. The predicted molar refractivity (Wildman–Crippen MR) is 434 cm³/mol. The molecule has 6 unspecified atom stereocenters. The van der Waals surface area contributed by atoms with Gasteiger partial charge in [0.2, 0.25) is 5.95 Å². The predicted octanol–water partition coefficient (Wildman–Crippen LogP) is -6.60. The topological polar surface area (TPSA) is 689 Å². The average molecular weight is 1940 g/mol. The third kappa shape index (κ3) is 22.6. The molecule has 0 saturated carbocycles. The lowest BCUT2D eigenvalue weighted by Crippen LogP contribution is -2.44. The van der Waals surface area contributed by atoms with E-state index in [1.807, 2.05) is 11.8 Å². The molecule has 128 heavy (non-hydrogen) atoms. The molecule has 6 aliphatic rings. The summed E-state index contributed by atoms with van der Waals surface area (Å²) in [5.41, 5.74) is 27.3. The summed E-state index contributed by atoms with van der Waals surface area (Å²) in [6.07, 6.45) is -19.4. The third-order valence-electron chi connectivity index (χ3n) is 18.4. The average Bonchev–Trinajstić information content (AvgIpc) is 1.59. The minimum Gasteiger partial charge on any atom is -0.394 e. The zero-order chi connectivity index (χ0) is 97.3. The van der Waals surface area contributed by atoms with Crippen LogP contribution < -0.4 is 68.5 Å². The Bertz CT molecular complexity index is 5550. The molecular formula is C71H77Cl6F7N20O24. The Morgan fingerprint density at radius 1 is 0.414 bits per heavy atom. The van der Waals surface area contributed by atoms with E-state index in [1.165, 1.54) is 24.4 Å². The van der Waals surface area contributed by atoms with Crippen LogP contribution in [0.5, 0.6) is 0 Å². The number of anilines is 6. The molecule has 12 rings (SSSR count). The summed E-state index contributed by atoms with van der Waals surface area (Å²) in [6.45, 7) is -10.3. The Labute approximate surface area is 747 Å². The van der Waals surface area contributed by atoms with Gasteiger partial charge in [-0.15, -0.1) is 0 Å². The van der Waals surface area contributed by atoms with Crippen molar-refractivity contribution >= 4 is 105 Å². The largest absolute Gasteiger partial charge is 0.394 e. The summed E-state index contributed by atoms with van der Waals surface area (Å²) in [4.78, 5) is 84.3. The molecule has 0 aliphatic carbocycles. The number of rotatable bonds is 12. The van der Waals surface area contributed by atoms with Crippen LogP contribution in [0.15, 0.2) is 78.1 Å². The Hall–Kier alpha value is -10.2. The fourth-order valence-electron chi connectivity index (χ4n) is 12.4. The first-order valence-electron chi connectivity index (χ1n) is 36.9. The number of aliphatic hydroxyl groups excluding tert-OH is 11. The van der Waals surface area contributed by atoms with Crippen molar-refractivity contribution in [1.29, 1.82) is 0 Å². The van der Waals surface area contributed by atoms with Gasteiger partial charge in [-0.2, -0.15) is 39.7 Å². The van der Waals surface area contributed by atoms with Crippen molar-refractivity contribution in [2.75, 3.05) is 114 Å². The van der Waals surface area contributed by atoms with Gasteiger partial charge in [0.1, 0.15) is 143 Å². The Morgan fingerprint density at radius 2 is 0.719 bits per heavy atom. The van der Waals surface area contributed by atoms with E-state index in [1.54, 1.807) is 6.92 Å². The van der Waals surface area contributed by atoms with Crippen molar-refractivity contribution in [3.8, 4) is 71.0 Å². The van der Waals surface area contributed by atoms with E-state index in [4.69, 9.17) is 150 Å². The SMILES string of the molecule is Cc1cc(N)nc(=O)n1[C@@H]1O[C@H](CO)[C@H](O)C1(Cl)C#CCF.Nc1ccn([C@@H]2O[C@H](CO)[C@H](O)C2(Cl)C#CCF)c(=O)n1.Nc1cnn([C@@H]2O[C@H](CO)[C@H](O)C2(Cl)C#CCF)c(=O)n1.Nc1nc(=O)n([C@@H]2O[C@H](CO)[C@H](O)C2(Cl)C#CCF)cc1F.Nc1ncn([C@@H]2O[C@H](CO)[C@H](O)C2(Cl)C#CCF)c(=O)n1.[2H]C([2H])(O)[C@H]1O[C@@H](n2ccc(N)nc2=O)C(Cl)(C#CCF)[C@H]1O. The number of nitrogens with two attached hydrogens (primary N) is 6. The van der Waals surface area contributed by atoms with E-state index in [0.717, 1.165) is 41.7 Å². The number of hydrogen-bond donors (Lipinski definition) is 18. The minimum absolute atomic E-state index is 0.00326. The normalized spacial score (nSPS) is 31.8. The molecule has 6 aromatic rings. The molecule has 696 valence electrons. The molecule has 0 radical (unpaired) electrons. The van der Waals surface area contributed by atoms with Gasteiger partial charge in [0.25, 0.3) is 0 Å². The highest BCUT2D eigenvalue weighted by Gasteiger charge is 2.62. The van der Waals surface area contributed by atoms with E-state index in [9.17, 15) is 105 Å². The molecule has 0 spiro atoms. The molecule has 24 N–H and O–H groups in total. The fraction of sp³-hybridized carbons (Fsp3) is 0.521. The smallest absolute Gasteiger partial charge is 0.368 e. The Kier molecular flexibility index (Phi) is 36.0. The van der Waals surface area contributed by atoms with E-state index in [0.29, 0.717) is 16.5 Å². The zero-order valence-electron chi connectivity index (χ0n) is 67.2. The number of alkyl halides is 12. The van der Waals surface area contributed by atoms with Crippen LogP contribution in [0.4, 0.5) is 65.8 Å². The van der Waals surface area contributed by atoms with Gasteiger partial charge in [-0.3, -0.25) is 22.8 Å². The lowest BCUT2D eigenvalue weighted by atomic mass is 9.99. The maximum absolute atomic E-state index is 13.5. The number of hydrogen-bond acceptors (Lipinski definition) is 38. The molecule has 6 aromatic heterocycles. The summed E-state index contributed by atoms with van der Waals surface area (Å²) in [5, 5.41) is 120. The van der Waals surface area contributed by atoms with E-state index in [2.05, 4.69) is 99.2 Å². The highest BCUT2D eigenvalue weighted by Crippen LogP contribution is 2.48. The molecule has 0 amide bonds. The zero-order valence-corrected chi connectivity index (χ0v) is 69.7. The number of nitrogen functional groups attached to an aromatic ring is 6. The van der Waals surface area contributed by atoms with Crippen molar-refractivity contribution in [3.05, 3.63) is 124 Å². The van der Waals surface area contributed by atoms with Crippen molar-refractivity contribution in [3.63, 3.8) is 0 Å². The van der Waals surface area contributed by atoms with Gasteiger partial charge in [0.05, 0.1) is 54.7 Å². The minimum atomic E-state index is -2.98.